The first-order chi connectivity index (χ1) is 14.1. The highest BCUT2D eigenvalue weighted by Gasteiger charge is 2.02. The zero-order valence-electron chi connectivity index (χ0n) is 18.5. The Morgan fingerprint density at radius 1 is 0.793 bits per heavy atom. The first-order valence-electron chi connectivity index (χ1n) is 10.8. The number of nitrogens with one attached hydrogen (secondary N) is 1. The molecular weight excluding hydrogens is 370 g/mol. The number of amides is 1. The minimum atomic E-state index is 0.0560. The summed E-state index contributed by atoms with van der Waals surface area (Å²) in [5.41, 5.74) is 2.37. The molecule has 0 heterocycles. The Balaban J connectivity index is 1.86. The summed E-state index contributed by atoms with van der Waals surface area (Å²) in [6.07, 6.45) is 4.22. The minimum Gasteiger partial charge on any atom is -0.494 e. The molecule has 1 aromatic carbocycles. The SMILES string of the molecule is CCCCOCCOCCOCCCNC(=O)CCCOc1cc(C)cc(C)c1. The quantitative estimate of drug-likeness (QED) is 0.373. The summed E-state index contributed by atoms with van der Waals surface area (Å²) in [5.74, 6) is 0.925. The van der Waals surface area contributed by atoms with Gasteiger partial charge in [0.15, 0.2) is 0 Å². The molecule has 0 aliphatic rings. The van der Waals surface area contributed by atoms with Gasteiger partial charge in [-0.1, -0.05) is 19.4 Å². The van der Waals surface area contributed by atoms with E-state index in [0.29, 0.717) is 59.0 Å². The maximum Gasteiger partial charge on any atom is 0.220 e. The summed E-state index contributed by atoms with van der Waals surface area (Å²) in [5, 5.41) is 2.91. The zero-order valence-corrected chi connectivity index (χ0v) is 18.5. The lowest BCUT2D eigenvalue weighted by atomic mass is 10.1. The van der Waals surface area contributed by atoms with E-state index < -0.39 is 0 Å². The van der Waals surface area contributed by atoms with Crippen LogP contribution >= 0.6 is 0 Å². The Morgan fingerprint density at radius 3 is 2.00 bits per heavy atom. The van der Waals surface area contributed by atoms with Crippen LogP contribution < -0.4 is 10.1 Å². The van der Waals surface area contributed by atoms with Gasteiger partial charge in [0.2, 0.25) is 5.91 Å². The molecule has 0 saturated carbocycles. The fourth-order valence-electron chi connectivity index (χ4n) is 2.72. The number of ether oxygens (including phenoxy) is 4. The summed E-state index contributed by atoms with van der Waals surface area (Å²) < 4.78 is 22.0. The van der Waals surface area contributed by atoms with Crippen molar-refractivity contribution in [3.05, 3.63) is 29.3 Å². The molecule has 0 saturated heterocycles. The minimum absolute atomic E-state index is 0.0560. The van der Waals surface area contributed by atoms with Gasteiger partial charge in [0.1, 0.15) is 5.75 Å². The summed E-state index contributed by atoms with van der Waals surface area (Å²) in [7, 11) is 0. The van der Waals surface area contributed by atoms with Crippen LogP contribution in [0.15, 0.2) is 18.2 Å². The molecule has 0 atom stereocenters. The number of hydrogen-bond acceptors (Lipinski definition) is 5. The van der Waals surface area contributed by atoms with E-state index in [4.69, 9.17) is 18.9 Å². The topological polar surface area (TPSA) is 66.0 Å². The van der Waals surface area contributed by atoms with Crippen molar-refractivity contribution in [1.29, 1.82) is 0 Å². The van der Waals surface area contributed by atoms with Gasteiger partial charge in [-0.05, 0) is 56.4 Å². The largest absolute Gasteiger partial charge is 0.494 e. The third-order valence-electron chi connectivity index (χ3n) is 4.19. The average molecular weight is 410 g/mol. The standard InChI is InChI=1S/C23H39NO5/c1-4-5-10-26-13-15-28-16-14-27-11-7-9-24-23(25)8-6-12-29-22-18-20(2)17-21(3)19-22/h17-19H,4-16H2,1-3H3,(H,24,25). The van der Waals surface area contributed by atoms with Crippen LogP contribution in [0.2, 0.25) is 0 Å². The molecule has 0 aliphatic carbocycles. The van der Waals surface area contributed by atoms with Crippen LogP contribution in [0.5, 0.6) is 5.75 Å². The molecule has 0 radical (unpaired) electrons. The van der Waals surface area contributed by atoms with E-state index in [0.717, 1.165) is 31.6 Å². The van der Waals surface area contributed by atoms with Gasteiger partial charge in [-0.15, -0.1) is 0 Å². The molecule has 0 bridgehead atoms. The van der Waals surface area contributed by atoms with Gasteiger partial charge in [-0.25, -0.2) is 0 Å². The van der Waals surface area contributed by atoms with Crippen molar-refractivity contribution in [3.63, 3.8) is 0 Å². The second-order valence-electron chi connectivity index (χ2n) is 7.17. The fourth-order valence-corrected chi connectivity index (χ4v) is 2.72. The number of benzene rings is 1. The van der Waals surface area contributed by atoms with Crippen molar-refractivity contribution in [3.8, 4) is 5.75 Å². The first kappa shape index (κ1) is 25.4. The summed E-state index contributed by atoms with van der Waals surface area (Å²) >= 11 is 0. The van der Waals surface area contributed by atoms with Crippen LogP contribution in [0.1, 0.15) is 50.2 Å². The first-order valence-corrected chi connectivity index (χ1v) is 10.8. The second-order valence-corrected chi connectivity index (χ2v) is 7.17. The van der Waals surface area contributed by atoms with Gasteiger partial charge in [0.25, 0.3) is 0 Å². The molecule has 1 rings (SSSR count). The van der Waals surface area contributed by atoms with E-state index in [1.165, 1.54) is 11.1 Å². The summed E-state index contributed by atoms with van der Waals surface area (Å²) in [4.78, 5) is 11.8. The molecule has 0 aromatic heterocycles. The molecule has 0 fully saturated rings. The predicted molar refractivity (Wildman–Crippen MR) is 116 cm³/mol. The number of carbonyl (C=O) groups excluding carboxylic acids is 1. The molecule has 0 spiro atoms. The second kappa shape index (κ2) is 17.2. The number of carbonyl (C=O) groups is 1. The number of aryl methyl sites for hydroxylation is 2. The lowest BCUT2D eigenvalue weighted by Crippen LogP contribution is -2.25. The van der Waals surface area contributed by atoms with E-state index in [9.17, 15) is 4.79 Å². The smallest absolute Gasteiger partial charge is 0.220 e. The highest BCUT2D eigenvalue weighted by Crippen LogP contribution is 2.16. The molecule has 0 unspecified atom stereocenters. The van der Waals surface area contributed by atoms with Gasteiger partial charge >= 0.3 is 0 Å². The molecule has 166 valence electrons. The van der Waals surface area contributed by atoms with Gasteiger partial charge < -0.3 is 24.3 Å². The van der Waals surface area contributed by atoms with E-state index in [2.05, 4.69) is 32.2 Å². The molecule has 1 aromatic rings. The van der Waals surface area contributed by atoms with E-state index >= 15 is 0 Å². The molecule has 6 nitrogen and oxygen atoms in total. The monoisotopic (exact) mass is 409 g/mol. The Labute approximate surface area is 176 Å². The van der Waals surface area contributed by atoms with E-state index in [-0.39, 0.29) is 5.91 Å². The lowest BCUT2D eigenvalue weighted by Gasteiger charge is -2.09. The average Bonchev–Trinajstić information content (AvgIpc) is 2.68. The maximum absolute atomic E-state index is 11.8. The molecule has 0 aliphatic heterocycles. The zero-order chi connectivity index (χ0) is 21.2. The summed E-state index contributed by atoms with van der Waals surface area (Å²) in [6.45, 7) is 11.2. The lowest BCUT2D eigenvalue weighted by molar-refractivity contribution is -0.121. The predicted octanol–water partition coefficient (Wildman–Crippen LogP) is 3.82. The Hall–Kier alpha value is -1.63. The van der Waals surface area contributed by atoms with Crippen molar-refractivity contribution in [2.45, 2.75) is 52.9 Å². The molecule has 1 N–H and O–H groups in total. The maximum atomic E-state index is 11.8. The van der Waals surface area contributed by atoms with Crippen molar-refractivity contribution in [2.75, 3.05) is 52.8 Å². The summed E-state index contributed by atoms with van der Waals surface area (Å²) in [6, 6.07) is 6.14. The van der Waals surface area contributed by atoms with Crippen molar-refractivity contribution in [2.24, 2.45) is 0 Å². The van der Waals surface area contributed by atoms with Crippen LogP contribution in [-0.2, 0) is 19.0 Å². The Bertz CT molecular complexity index is 530. The Morgan fingerprint density at radius 2 is 1.38 bits per heavy atom. The van der Waals surface area contributed by atoms with Gasteiger partial charge in [0, 0.05) is 26.2 Å². The number of rotatable bonds is 18. The third-order valence-corrected chi connectivity index (χ3v) is 4.19. The van der Waals surface area contributed by atoms with Crippen molar-refractivity contribution < 1.29 is 23.7 Å². The molecular formula is C23H39NO5. The van der Waals surface area contributed by atoms with Gasteiger partial charge in [-0.2, -0.15) is 0 Å². The number of unbranched alkanes of at least 4 members (excludes halogenated alkanes) is 1. The van der Waals surface area contributed by atoms with Crippen molar-refractivity contribution >= 4 is 5.91 Å². The molecule has 6 heteroatoms. The van der Waals surface area contributed by atoms with Gasteiger partial charge in [0.05, 0.1) is 33.0 Å². The van der Waals surface area contributed by atoms with E-state index in [1.54, 1.807) is 0 Å². The Kier molecular flexibility index (Phi) is 15.1. The van der Waals surface area contributed by atoms with E-state index in [1.807, 2.05) is 12.1 Å². The van der Waals surface area contributed by atoms with Crippen LogP contribution in [0.4, 0.5) is 0 Å². The van der Waals surface area contributed by atoms with Crippen molar-refractivity contribution in [1.82, 2.24) is 5.32 Å². The molecule has 1 amide bonds. The normalized spacial score (nSPS) is 10.9. The third kappa shape index (κ3) is 14.9. The number of hydrogen-bond donors (Lipinski definition) is 1. The molecule has 29 heavy (non-hydrogen) atoms. The van der Waals surface area contributed by atoms with Crippen LogP contribution in [0, 0.1) is 13.8 Å². The highest BCUT2D eigenvalue weighted by molar-refractivity contribution is 5.75. The fraction of sp³-hybridized carbons (Fsp3) is 0.696. The van der Waals surface area contributed by atoms with Gasteiger partial charge in [-0.3, -0.25) is 4.79 Å². The van der Waals surface area contributed by atoms with Crippen LogP contribution in [-0.4, -0.2) is 58.7 Å². The highest BCUT2D eigenvalue weighted by atomic mass is 16.5. The van der Waals surface area contributed by atoms with Crippen LogP contribution in [0.3, 0.4) is 0 Å². The van der Waals surface area contributed by atoms with Crippen LogP contribution in [0.25, 0.3) is 0 Å².